The molecule has 0 radical (unpaired) electrons. The summed E-state index contributed by atoms with van der Waals surface area (Å²) in [4.78, 5) is 19.1. The molecule has 0 bridgehead atoms. The average Bonchev–Trinajstić information content (AvgIpc) is 2.26. The van der Waals surface area contributed by atoms with Crippen LogP contribution in [0.3, 0.4) is 0 Å². The number of aromatic carboxylic acids is 1. The summed E-state index contributed by atoms with van der Waals surface area (Å²) in [6.45, 7) is 3.64. The third-order valence-electron chi connectivity index (χ3n) is 2.41. The Morgan fingerprint density at radius 3 is 2.47 bits per heavy atom. The van der Waals surface area contributed by atoms with Crippen molar-refractivity contribution in [1.82, 2.24) is 5.32 Å². The Bertz CT molecular complexity index is 560. The van der Waals surface area contributed by atoms with Crippen LogP contribution in [0.2, 0.25) is 0 Å². The van der Waals surface area contributed by atoms with Crippen LogP contribution in [0, 0.1) is 0 Å². The van der Waals surface area contributed by atoms with E-state index in [-0.39, 0.29) is 11.5 Å². The van der Waals surface area contributed by atoms with Gasteiger partial charge in [-0.15, -0.1) is 0 Å². The standard InChI is InChI=1S/C12H15N5O2/c1-12(2)16-10(13)15-11(17-12)14-8-5-3-7(4-6-8)9(18)19/h3-6H,1-2H3,(H,18,19)(H4,13,14,15,16,17)/p-1. The zero-order chi connectivity index (χ0) is 14.0. The van der Waals surface area contributed by atoms with Crippen molar-refractivity contribution in [3.8, 4) is 0 Å². The number of carboxylic acids is 1. The van der Waals surface area contributed by atoms with Crippen LogP contribution in [-0.4, -0.2) is 23.6 Å². The summed E-state index contributed by atoms with van der Waals surface area (Å²) >= 11 is 0. The molecule has 0 aliphatic carbocycles. The Labute approximate surface area is 110 Å². The van der Waals surface area contributed by atoms with Gasteiger partial charge in [0.15, 0.2) is 11.6 Å². The molecule has 0 atom stereocenters. The molecule has 1 aliphatic heterocycles. The summed E-state index contributed by atoms with van der Waals surface area (Å²) in [6.07, 6.45) is 0. The molecule has 0 amide bonds. The van der Waals surface area contributed by atoms with Crippen LogP contribution in [0.15, 0.2) is 34.3 Å². The van der Waals surface area contributed by atoms with E-state index >= 15 is 0 Å². The van der Waals surface area contributed by atoms with Gasteiger partial charge < -0.3 is 21.0 Å². The first-order valence-corrected chi connectivity index (χ1v) is 5.66. The lowest BCUT2D eigenvalue weighted by atomic mass is 10.2. The highest BCUT2D eigenvalue weighted by Crippen LogP contribution is 2.15. The second kappa shape index (κ2) is 4.60. The van der Waals surface area contributed by atoms with Crippen LogP contribution < -0.4 is 21.5 Å². The normalized spacial score (nSPS) is 16.9. The van der Waals surface area contributed by atoms with E-state index in [1.807, 2.05) is 13.8 Å². The number of benzene rings is 1. The van der Waals surface area contributed by atoms with Gasteiger partial charge >= 0.3 is 0 Å². The predicted molar refractivity (Wildman–Crippen MR) is 70.7 cm³/mol. The van der Waals surface area contributed by atoms with Crippen LogP contribution in [0.1, 0.15) is 24.2 Å². The van der Waals surface area contributed by atoms with Gasteiger partial charge in [-0.3, -0.25) is 5.32 Å². The van der Waals surface area contributed by atoms with E-state index in [0.29, 0.717) is 11.6 Å². The molecule has 0 saturated heterocycles. The van der Waals surface area contributed by atoms with Crippen molar-refractivity contribution in [1.29, 1.82) is 0 Å². The van der Waals surface area contributed by atoms with E-state index in [9.17, 15) is 9.90 Å². The van der Waals surface area contributed by atoms with Gasteiger partial charge in [-0.05, 0) is 31.5 Å². The number of aliphatic imine (C=N–C) groups is 2. The predicted octanol–water partition coefficient (Wildman–Crippen LogP) is -0.528. The van der Waals surface area contributed by atoms with Crippen molar-refractivity contribution in [2.75, 3.05) is 5.32 Å². The monoisotopic (exact) mass is 260 g/mol. The number of hydrogen-bond acceptors (Lipinski definition) is 7. The molecule has 0 unspecified atom stereocenters. The lowest BCUT2D eigenvalue weighted by Gasteiger charge is -2.24. The minimum atomic E-state index is -1.21. The van der Waals surface area contributed by atoms with Crippen LogP contribution in [0.5, 0.6) is 0 Å². The van der Waals surface area contributed by atoms with Crippen LogP contribution in [-0.2, 0) is 0 Å². The summed E-state index contributed by atoms with van der Waals surface area (Å²) in [7, 11) is 0. The number of hydrogen-bond donors (Lipinski definition) is 3. The highest BCUT2D eigenvalue weighted by molar-refractivity contribution is 6.06. The van der Waals surface area contributed by atoms with Crippen LogP contribution in [0.25, 0.3) is 0 Å². The summed E-state index contributed by atoms with van der Waals surface area (Å²) in [5.74, 6) is -0.482. The second-order valence-electron chi connectivity index (χ2n) is 4.57. The lowest BCUT2D eigenvalue weighted by molar-refractivity contribution is -0.255. The fourth-order valence-electron chi connectivity index (χ4n) is 1.66. The van der Waals surface area contributed by atoms with E-state index < -0.39 is 11.6 Å². The average molecular weight is 260 g/mol. The fraction of sp³-hybridized carbons (Fsp3) is 0.250. The van der Waals surface area contributed by atoms with Gasteiger partial charge in [0.05, 0.1) is 5.97 Å². The zero-order valence-electron chi connectivity index (χ0n) is 10.6. The number of nitrogens with zero attached hydrogens (tertiary/aromatic N) is 2. The Balaban J connectivity index is 2.14. The number of anilines is 1. The maximum Gasteiger partial charge on any atom is 0.205 e. The molecule has 1 aromatic carbocycles. The molecule has 7 nitrogen and oxygen atoms in total. The molecule has 2 rings (SSSR count). The van der Waals surface area contributed by atoms with Gasteiger partial charge in [-0.1, -0.05) is 12.1 Å². The molecule has 1 aromatic rings. The van der Waals surface area contributed by atoms with Gasteiger partial charge in [0.1, 0.15) is 0 Å². The van der Waals surface area contributed by atoms with Crippen LogP contribution >= 0.6 is 0 Å². The van der Waals surface area contributed by atoms with E-state index in [4.69, 9.17) is 5.73 Å². The van der Waals surface area contributed by atoms with Gasteiger partial charge in [0.25, 0.3) is 0 Å². The van der Waals surface area contributed by atoms with Crippen molar-refractivity contribution >= 4 is 23.6 Å². The smallest absolute Gasteiger partial charge is 0.205 e. The molecule has 4 N–H and O–H groups in total. The molecule has 7 heteroatoms. The lowest BCUT2D eigenvalue weighted by Crippen LogP contribution is -2.47. The van der Waals surface area contributed by atoms with Crippen molar-refractivity contribution in [2.45, 2.75) is 19.5 Å². The summed E-state index contributed by atoms with van der Waals surface area (Å²) in [5.41, 5.74) is 5.81. The van der Waals surface area contributed by atoms with Gasteiger partial charge in [0.2, 0.25) is 5.96 Å². The second-order valence-corrected chi connectivity index (χ2v) is 4.57. The summed E-state index contributed by atoms with van der Waals surface area (Å²) < 4.78 is 0. The molecular formula is C12H14N5O2-. The number of carbonyl (C=O) groups is 1. The van der Waals surface area contributed by atoms with E-state index in [0.717, 1.165) is 0 Å². The first kappa shape index (κ1) is 12.9. The molecule has 0 aromatic heterocycles. The Kier molecular flexibility index (Phi) is 3.12. The maximum atomic E-state index is 10.6. The SMILES string of the molecule is CC1(C)N=C(N)NC(Nc2ccc(C(=O)[O-])cc2)=N1. The van der Waals surface area contributed by atoms with Crippen molar-refractivity contribution in [3.63, 3.8) is 0 Å². The largest absolute Gasteiger partial charge is 0.545 e. The number of carboxylic acid groups (broad SMARTS) is 1. The van der Waals surface area contributed by atoms with Crippen molar-refractivity contribution in [2.24, 2.45) is 15.7 Å². The van der Waals surface area contributed by atoms with Gasteiger partial charge in [0, 0.05) is 5.69 Å². The molecule has 100 valence electrons. The number of guanidine groups is 2. The Hall–Kier alpha value is -2.57. The number of nitrogens with two attached hydrogens (primary N) is 1. The van der Waals surface area contributed by atoms with Crippen LogP contribution in [0.4, 0.5) is 5.69 Å². The topological polar surface area (TPSA) is 115 Å². The Morgan fingerprint density at radius 2 is 1.95 bits per heavy atom. The number of nitrogens with one attached hydrogen (secondary N) is 2. The molecule has 0 saturated carbocycles. The van der Waals surface area contributed by atoms with E-state index in [1.54, 1.807) is 12.1 Å². The first-order chi connectivity index (χ1) is 8.85. The zero-order valence-corrected chi connectivity index (χ0v) is 10.6. The summed E-state index contributed by atoms with van der Waals surface area (Å²) in [5, 5.41) is 16.4. The molecule has 19 heavy (non-hydrogen) atoms. The molecule has 1 aliphatic rings. The number of rotatable bonds is 2. The minimum Gasteiger partial charge on any atom is -0.545 e. The Morgan fingerprint density at radius 1 is 1.32 bits per heavy atom. The first-order valence-electron chi connectivity index (χ1n) is 5.66. The van der Waals surface area contributed by atoms with E-state index in [1.165, 1.54) is 12.1 Å². The van der Waals surface area contributed by atoms with Gasteiger partial charge in [-0.2, -0.15) is 0 Å². The van der Waals surface area contributed by atoms with Crippen molar-refractivity contribution < 1.29 is 9.90 Å². The van der Waals surface area contributed by atoms with Crippen molar-refractivity contribution in [3.05, 3.63) is 29.8 Å². The third kappa shape index (κ3) is 3.21. The quantitative estimate of drug-likeness (QED) is 0.661. The molecule has 0 spiro atoms. The molecule has 0 fully saturated rings. The van der Waals surface area contributed by atoms with Gasteiger partial charge in [-0.25, -0.2) is 9.98 Å². The fourth-order valence-corrected chi connectivity index (χ4v) is 1.66. The molecular weight excluding hydrogens is 246 g/mol. The maximum absolute atomic E-state index is 10.6. The number of carbonyl (C=O) groups excluding carboxylic acids is 1. The third-order valence-corrected chi connectivity index (χ3v) is 2.41. The highest BCUT2D eigenvalue weighted by atomic mass is 16.4. The highest BCUT2D eigenvalue weighted by Gasteiger charge is 2.21. The molecule has 1 heterocycles. The summed E-state index contributed by atoms with van der Waals surface area (Å²) in [6, 6.07) is 6.13. The van der Waals surface area contributed by atoms with E-state index in [2.05, 4.69) is 20.6 Å². The minimum absolute atomic E-state index is 0.116.